The van der Waals surface area contributed by atoms with Crippen LogP contribution in [0.3, 0.4) is 0 Å². The first-order valence-corrected chi connectivity index (χ1v) is 6.56. The Bertz CT molecular complexity index is 380. The molecule has 0 aromatic heterocycles. The topological polar surface area (TPSA) is 38.3 Å². The van der Waals surface area contributed by atoms with E-state index in [2.05, 4.69) is 21.2 Å². The van der Waals surface area contributed by atoms with Crippen molar-refractivity contribution < 1.29 is 9.53 Å². The molecule has 0 saturated carbocycles. The van der Waals surface area contributed by atoms with Crippen molar-refractivity contribution >= 4 is 27.5 Å². The van der Waals surface area contributed by atoms with Gasteiger partial charge in [-0.15, -0.1) is 0 Å². The molecule has 0 bridgehead atoms. The van der Waals surface area contributed by atoms with Gasteiger partial charge >= 0.3 is 0 Å². The fourth-order valence-electron chi connectivity index (χ4n) is 1.43. The zero-order chi connectivity index (χ0) is 12.7. The third-order valence-corrected chi connectivity index (χ3v) is 3.23. The molecule has 3 nitrogen and oxygen atoms in total. The number of nitrogens with one attached hydrogen (secondary N) is 1. The van der Waals surface area contributed by atoms with Crippen LogP contribution in [0.5, 0.6) is 0 Å². The van der Waals surface area contributed by atoms with Gasteiger partial charge in [0.1, 0.15) is 0 Å². The Labute approximate surface area is 111 Å². The minimum absolute atomic E-state index is 0.0337. The Hall–Kier alpha value is -0.870. The van der Waals surface area contributed by atoms with E-state index in [9.17, 15) is 4.79 Å². The molecule has 0 atom stereocenters. The summed E-state index contributed by atoms with van der Waals surface area (Å²) in [6, 6.07) is 5.77. The molecule has 0 saturated heterocycles. The average Bonchev–Trinajstić information content (AvgIpc) is 2.30. The summed E-state index contributed by atoms with van der Waals surface area (Å²) in [5, 5.41) is 2.87. The van der Waals surface area contributed by atoms with Gasteiger partial charge in [-0.3, -0.25) is 4.79 Å². The normalized spacial score (nSPS) is 10.3. The number of carbonyl (C=O) groups is 1. The second-order valence-corrected chi connectivity index (χ2v) is 4.67. The molecule has 1 amide bonds. The van der Waals surface area contributed by atoms with Crippen molar-refractivity contribution in [3.63, 3.8) is 0 Å². The van der Waals surface area contributed by atoms with Crippen molar-refractivity contribution in [3.05, 3.63) is 28.2 Å². The number of benzene rings is 1. The Kier molecular flexibility index (Phi) is 6.22. The van der Waals surface area contributed by atoms with Gasteiger partial charge in [-0.1, -0.05) is 15.9 Å². The highest BCUT2D eigenvalue weighted by atomic mass is 79.9. The molecule has 0 aliphatic carbocycles. The first-order chi connectivity index (χ1) is 8.13. The summed E-state index contributed by atoms with van der Waals surface area (Å²) in [6.07, 6.45) is 1.25. The van der Waals surface area contributed by atoms with Crippen LogP contribution in [0.25, 0.3) is 0 Å². The molecule has 0 fully saturated rings. The van der Waals surface area contributed by atoms with Gasteiger partial charge in [0, 0.05) is 29.8 Å². The Morgan fingerprint density at radius 1 is 1.47 bits per heavy atom. The summed E-state index contributed by atoms with van der Waals surface area (Å²) in [5.41, 5.74) is 1.95. The second kappa shape index (κ2) is 7.45. The van der Waals surface area contributed by atoms with Crippen molar-refractivity contribution in [2.24, 2.45) is 0 Å². The van der Waals surface area contributed by atoms with Gasteiger partial charge < -0.3 is 10.1 Å². The van der Waals surface area contributed by atoms with Crippen molar-refractivity contribution in [1.82, 2.24) is 0 Å². The largest absolute Gasteiger partial charge is 0.382 e. The summed E-state index contributed by atoms with van der Waals surface area (Å²) < 4.78 is 6.23. The number of halogens is 1. The molecule has 0 radical (unpaired) electrons. The first-order valence-electron chi connectivity index (χ1n) is 5.77. The summed E-state index contributed by atoms with van der Waals surface area (Å²) in [4.78, 5) is 11.6. The maximum absolute atomic E-state index is 11.6. The summed E-state index contributed by atoms with van der Waals surface area (Å²) in [5.74, 6) is 0.0337. The predicted molar refractivity (Wildman–Crippen MR) is 73.2 cm³/mol. The fourth-order valence-corrected chi connectivity index (χ4v) is 1.67. The van der Waals surface area contributed by atoms with E-state index < -0.39 is 0 Å². The fraction of sp³-hybridized carbons (Fsp3) is 0.462. The molecule has 0 spiro atoms. The van der Waals surface area contributed by atoms with E-state index in [1.165, 1.54) is 0 Å². The highest BCUT2D eigenvalue weighted by Crippen LogP contribution is 2.20. The van der Waals surface area contributed by atoms with Crippen LogP contribution in [0.2, 0.25) is 0 Å². The van der Waals surface area contributed by atoms with Gasteiger partial charge in [0.05, 0.1) is 0 Å². The SMILES string of the molecule is CCOCCCC(=O)Nc1ccc(Br)c(C)c1. The van der Waals surface area contributed by atoms with E-state index in [0.717, 1.165) is 22.1 Å². The lowest BCUT2D eigenvalue weighted by molar-refractivity contribution is -0.116. The highest BCUT2D eigenvalue weighted by molar-refractivity contribution is 9.10. The lowest BCUT2D eigenvalue weighted by Gasteiger charge is -2.07. The first kappa shape index (κ1) is 14.2. The molecule has 0 aliphatic rings. The lowest BCUT2D eigenvalue weighted by Crippen LogP contribution is -2.12. The molecule has 1 aromatic rings. The highest BCUT2D eigenvalue weighted by Gasteiger charge is 2.03. The van der Waals surface area contributed by atoms with Crippen LogP contribution in [0.1, 0.15) is 25.3 Å². The third-order valence-electron chi connectivity index (χ3n) is 2.34. The molecule has 17 heavy (non-hydrogen) atoms. The predicted octanol–water partition coefficient (Wildman–Crippen LogP) is 3.51. The number of anilines is 1. The van der Waals surface area contributed by atoms with Crippen LogP contribution in [0.15, 0.2) is 22.7 Å². The Balaban J connectivity index is 2.37. The quantitative estimate of drug-likeness (QED) is 0.816. The van der Waals surface area contributed by atoms with Gasteiger partial charge in [0.25, 0.3) is 0 Å². The van der Waals surface area contributed by atoms with Crippen LogP contribution in [0, 0.1) is 6.92 Å². The molecule has 0 heterocycles. The van der Waals surface area contributed by atoms with Crippen molar-refractivity contribution in [3.8, 4) is 0 Å². The molecule has 1 N–H and O–H groups in total. The molecule has 0 aliphatic heterocycles. The minimum Gasteiger partial charge on any atom is -0.382 e. The summed E-state index contributed by atoms with van der Waals surface area (Å²) in [7, 11) is 0. The standard InChI is InChI=1S/C13H18BrNO2/c1-3-17-8-4-5-13(16)15-11-6-7-12(14)10(2)9-11/h6-7,9H,3-5,8H2,1-2H3,(H,15,16). The van der Waals surface area contributed by atoms with E-state index in [0.29, 0.717) is 19.6 Å². The van der Waals surface area contributed by atoms with Crippen molar-refractivity contribution in [1.29, 1.82) is 0 Å². The average molecular weight is 300 g/mol. The van der Waals surface area contributed by atoms with Gasteiger partial charge in [-0.2, -0.15) is 0 Å². The van der Waals surface area contributed by atoms with Crippen molar-refractivity contribution in [2.45, 2.75) is 26.7 Å². The third kappa shape index (κ3) is 5.33. The maximum atomic E-state index is 11.6. The van der Waals surface area contributed by atoms with E-state index >= 15 is 0 Å². The van der Waals surface area contributed by atoms with E-state index in [1.807, 2.05) is 32.0 Å². The monoisotopic (exact) mass is 299 g/mol. The zero-order valence-corrected chi connectivity index (χ0v) is 11.8. The molecule has 1 rings (SSSR count). The van der Waals surface area contributed by atoms with E-state index in [-0.39, 0.29) is 5.91 Å². The van der Waals surface area contributed by atoms with E-state index in [1.54, 1.807) is 0 Å². The van der Waals surface area contributed by atoms with E-state index in [4.69, 9.17) is 4.74 Å². The summed E-state index contributed by atoms with van der Waals surface area (Å²) >= 11 is 3.43. The number of carbonyl (C=O) groups excluding carboxylic acids is 1. The lowest BCUT2D eigenvalue weighted by atomic mass is 10.2. The van der Waals surface area contributed by atoms with Crippen LogP contribution < -0.4 is 5.32 Å². The minimum atomic E-state index is 0.0337. The maximum Gasteiger partial charge on any atom is 0.224 e. The van der Waals surface area contributed by atoms with Crippen LogP contribution in [-0.4, -0.2) is 19.1 Å². The number of rotatable bonds is 6. The van der Waals surface area contributed by atoms with Gasteiger partial charge in [-0.05, 0) is 44.0 Å². The van der Waals surface area contributed by atoms with Crippen LogP contribution in [-0.2, 0) is 9.53 Å². The molecule has 1 aromatic carbocycles. The van der Waals surface area contributed by atoms with Crippen LogP contribution in [0.4, 0.5) is 5.69 Å². The van der Waals surface area contributed by atoms with Gasteiger partial charge in [0.15, 0.2) is 0 Å². The van der Waals surface area contributed by atoms with Gasteiger partial charge in [0.2, 0.25) is 5.91 Å². The van der Waals surface area contributed by atoms with Gasteiger partial charge in [-0.25, -0.2) is 0 Å². The molecular formula is C13H18BrNO2. The number of ether oxygens (including phenoxy) is 1. The number of aryl methyl sites for hydroxylation is 1. The molecule has 4 heteroatoms. The number of hydrogen-bond acceptors (Lipinski definition) is 2. The number of hydrogen-bond donors (Lipinski definition) is 1. The molecule has 94 valence electrons. The second-order valence-electron chi connectivity index (χ2n) is 3.81. The zero-order valence-electron chi connectivity index (χ0n) is 10.3. The Morgan fingerprint density at radius 2 is 2.24 bits per heavy atom. The smallest absolute Gasteiger partial charge is 0.224 e. The Morgan fingerprint density at radius 3 is 2.88 bits per heavy atom. The molecular weight excluding hydrogens is 282 g/mol. The summed E-state index contributed by atoms with van der Waals surface area (Å²) in [6.45, 7) is 5.29. The molecule has 0 unspecified atom stereocenters. The number of amides is 1. The van der Waals surface area contributed by atoms with Crippen molar-refractivity contribution in [2.75, 3.05) is 18.5 Å². The van der Waals surface area contributed by atoms with Crippen LogP contribution >= 0.6 is 15.9 Å².